The third-order valence-electron chi connectivity index (χ3n) is 4.18. The highest BCUT2D eigenvalue weighted by Crippen LogP contribution is 2.18. The first-order chi connectivity index (χ1) is 13.1. The first-order valence-electron chi connectivity index (χ1n) is 9.27. The number of hydrogen-bond donors (Lipinski definition) is 2. The maximum Gasteiger partial charge on any atom is 0.338 e. The summed E-state index contributed by atoms with van der Waals surface area (Å²) in [6.07, 6.45) is 3.77. The Kier molecular flexibility index (Phi) is 12.1. The van der Waals surface area contributed by atoms with Crippen LogP contribution in [0.2, 0.25) is 0 Å². The number of rotatable bonds is 14. The molecule has 0 radical (unpaired) electrons. The van der Waals surface area contributed by atoms with E-state index in [-0.39, 0.29) is 26.4 Å². The number of aliphatic hydroxyl groups is 2. The molecule has 1 aromatic carbocycles. The molecular formula is C20H30O7. The van der Waals surface area contributed by atoms with Crippen LogP contribution in [-0.4, -0.2) is 62.3 Å². The lowest BCUT2D eigenvalue weighted by Crippen LogP contribution is -2.12. The van der Waals surface area contributed by atoms with Gasteiger partial charge in [0.05, 0.1) is 24.3 Å². The molecule has 0 fully saturated rings. The molecule has 0 saturated heterocycles. The van der Waals surface area contributed by atoms with E-state index in [1.165, 1.54) is 31.4 Å². The summed E-state index contributed by atoms with van der Waals surface area (Å²) in [7, 11) is 1.52. The molecule has 0 aromatic heterocycles. The second-order valence-corrected chi connectivity index (χ2v) is 6.23. The molecule has 0 heterocycles. The van der Waals surface area contributed by atoms with Crippen molar-refractivity contribution in [1.82, 2.24) is 0 Å². The molecule has 0 spiro atoms. The molecule has 0 aliphatic heterocycles. The lowest BCUT2D eigenvalue weighted by atomic mass is 9.95. The van der Waals surface area contributed by atoms with E-state index in [0.717, 1.165) is 12.8 Å². The fourth-order valence-corrected chi connectivity index (χ4v) is 2.64. The summed E-state index contributed by atoms with van der Waals surface area (Å²) in [5.74, 6) is -0.610. The maximum atomic E-state index is 12.1. The first-order valence-corrected chi connectivity index (χ1v) is 9.27. The van der Waals surface area contributed by atoms with Gasteiger partial charge in [0.1, 0.15) is 6.61 Å². The van der Waals surface area contributed by atoms with Crippen LogP contribution < -0.4 is 0 Å². The van der Waals surface area contributed by atoms with Gasteiger partial charge >= 0.3 is 11.9 Å². The lowest BCUT2D eigenvalue weighted by molar-refractivity contribution is 0.0386. The fourth-order valence-electron chi connectivity index (χ4n) is 2.64. The molecule has 0 amide bonds. The monoisotopic (exact) mass is 382 g/mol. The predicted octanol–water partition coefficient (Wildman–Crippen LogP) is 2.20. The van der Waals surface area contributed by atoms with Crippen molar-refractivity contribution in [2.75, 3.05) is 40.1 Å². The van der Waals surface area contributed by atoms with Crippen molar-refractivity contribution in [2.45, 2.75) is 32.1 Å². The molecule has 0 atom stereocenters. The number of carbonyl (C=O) groups is 2. The van der Waals surface area contributed by atoms with Gasteiger partial charge in [0.2, 0.25) is 0 Å². The number of aliphatic hydroxyl groups excluding tert-OH is 2. The Morgan fingerprint density at radius 2 is 1.30 bits per heavy atom. The van der Waals surface area contributed by atoms with Gasteiger partial charge in [0, 0.05) is 20.3 Å². The van der Waals surface area contributed by atoms with Crippen LogP contribution in [0, 0.1) is 5.92 Å². The predicted molar refractivity (Wildman–Crippen MR) is 99.6 cm³/mol. The van der Waals surface area contributed by atoms with E-state index in [1.807, 2.05) is 0 Å². The van der Waals surface area contributed by atoms with Crippen LogP contribution in [0.5, 0.6) is 0 Å². The Morgan fingerprint density at radius 1 is 0.815 bits per heavy atom. The van der Waals surface area contributed by atoms with Crippen molar-refractivity contribution < 1.29 is 34.0 Å². The average Bonchev–Trinajstić information content (AvgIpc) is 2.69. The van der Waals surface area contributed by atoms with Crippen LogP contribution in [0.4, 0.5) is 0 Å². The molecule has 2 N–H and O–H groups in total. The summed E-state index contributed by atoms with van der Waals surface area (Å²) in [5, 5.41) is 17.9. The SMILES string of the molecule is COCCOC(=O)c1ccc(C(=O)OCCC(CCCO)CCCO)cc1. The zero-order valence-electron chi connectivity index (χ0n) is 15.9. The van der Waals surface area contributed by atoms with Gasteiger partial charge in [-0.1, -0.05) is 0 Å². The topological polar surface area (TPSA) is 102 Å². The van der Waals surface area contributed by atoms with Crippen molar-refractivity contribution in [3.63, 3.8) is 0 Å². The molecule has 0 aliphatic rings. The smallest absolute Gasteiger partial charge is 0.338 e. The Bertz CT molecular complexity index is 534. The zero-order chi connectivity index (χ0) is 19.9. The summed E-state index contributed by atoms with van der Waals surface area (Å²) in [6.45, 7) is 1.05. The van der Waals surface area contributed by atoms with Crippen LogP contribution in [0.1, 0.15) is 52.8 Å². The second kappa shape index (κ2) is 14.1. The molecule has 0 unspecified atom stereocenters. The van der Waals surface area contributed by atoms with Gasteiger partial charge in [-0.05, 0) is 62.3 Å². The van der Waals surface area contributed by atoms with Crippen LogP contribution in [0.15, 0.2) is 24.3 Å². The van der Waals surface area contributed by atoms with Crippen molar-refractivity contribution in [3.8, 4) is 0 Å². The Labute approximate surface area is 160 Å². The van der Waals surface area contributed by atoms with Gasteiger partial charge in [-0.15, -0.1) is 0 Å². The van der Waals surface area contributed by atoms with Crippen molar-refractivity contribution in [2.24, 2.45) is 5.92 Å². The Balaban J connectivity index is 2.43. The van der Waals surface area contributed by atoms with Gasteiger partial charge in [-0.2, -0.15) is 0 Å². The van der Waals surface area contributed by atoms with Gasteiger partial charge in [0.15, 0.2) is 0 Å². The van der Waals surface area contributed by atoms with E-state index in [4.69, 9.17) is 24.4 Å². The molecule has 0 saturated carbocycles. The minimum Gasteiger partial charge on any atom is -0.462 e. The van der Waals surface area contributed by atoms with E-state index in [2.05, 4.69) is 0 Å². The van der Waals surface area contributed by atoms with E-state index in [0.29, 0.717) is 42.9 Å². The molecule has 1 aromatic rings. The number of methoxy groups -OCH3 is 1. The van der Waals surface area contributed by atoms with Crippen molar-refractivity contribution in [1.29, 1.82) is 0 Å². The van der Waals surface area contributed by atoms with E-state index < -0.39 is 11.9 Å². The third-order valence-corrected chi connectivity index (χ3v) is 4.18. The minimum absolute atomic E-state index is 0.135. The lowest BCUT2D eigenvalue weighted by Gasteiger charge is -2.16. The summed E-state index contributed by atoms with van der Waals surface area (Å²) in [4.78, 5) is 23.9. The van der Waals surface area contributed by atoms with Gasteiger partial charge < -0.3 is 24.4 Å². The van der Waals surface area contributed by atoms with Crippen LogP contribution in [-0.2, 0) is 14.2 Å². The summed E-state index contributed by atoms with van der Waals surface area (Å²) >= 11 is 0. The number of hydrogen-bond acceptors (Lipinski definition) is 7. The number of benzene rings is 1. The average molecular weight is 382 g/mol. The van der Waals surface area contributed by atoms with Crippen LogP contribution >= 0.6 is 0 Å². The zero-order valence-corrected chi connectivity index (χ0v) is 15.9. The first kappa shape index (κ1) is 23.1. The second-order valence-electron chi connectivity index (χ2n) is 6.23. The Hall–Kier alpha value is -1.96. The van der Waals surface area contributed by atoms with E-state index >= 15 is 0 Å². The third kappa shape index (κ3) is 9.51. The highest BCUT2D eigenvalue weighted by atomic mass is 16.6. The number of ether oxygens (including phenoxy) is 3. The highest BCUT2D eigenvalue weighted by molar-refractivity contribution is 5.93. The standard InChI is InChI=1S/C20H30O7/c1-25-14-15-27-20(24)18-8-6-17(7-9-18)19(23)26-13-10-16(4-2-11-21)5-3-12-22/h6-9,16,21-22H,2-5,10-15H2,1H3. The molecule has 1 rings (SSSR count). The minimum atomic E-state index is -0.470. The van der Waals surface area contributed by atoms with Gasteiger partial charge in [-0.25, -0.2) is 9.59 Å². The van der Waals surface area contributed by atoms with Crippen LogP contribution in [0.25, 0.3) is 0 Å². The summed E-state index contributed by atoms with van der Waals surface area (Å²) < 4.78 is 15.1. The molecule has 27 heavy (non-hydrogen) atoms. The molecule has 0 bridgehead atoms. The maximum absolute atomic E-state index is 12.1. The molecule has 0 aliphatic carbocycles. The summed E-state index contributed by atoms with van der Waals surface area (Å²) in [5.41, 5.74) is 0.724. The largest absolute Gasteiger partial charge is 0.462 e. The van der Waals surface area contributed by atoms with Crippen LogP contribution in [0.3, 0.4) is 0 Å². The summed E-state index contributed by atoms with van der Waals surface area (Å²) in [6, 6.07) is 6.11. The number of esters is 2. The van der Waals surface area contributed by atoms with Crippen molar-refractivity contribution in [3.05, 3.63) is 35.4 Å². The van der Waals surface area contributed by atoms with Gasteiger partial charge in [-0.3, -0.25) is 0 Å². The molecular weight excluding hydrogens is 352 g/mol. The van der Waals surface area contributed by atoms with E-state index in [9.17, 15) is 9.59 Å². The van der Waals surface area contributed by atoms with E-state index in [1.54, 1.807) is 0 Å². The van der Waals surface area contributed by atoms with Crippen molar-refractivity contribution >= 4 is 11.9 Å². The molecule has 7 heteroatoms. The van der Waals surface area contributed by atoms with Gasteiger partial charge in [0.25, 0.3) is 0 Å². The highest BCUT2D eigenvalue weighted by Gasteiger charge is 2.13. The quantitative estimate of drug-likeness (QED) is 0.376. The fraction of sp³-hybridized carbons (Fsp3) is 0.600. The number of carbonyl (C=O) groups excluding carboxylic acids is 2. The normalized spacial score (nSPS) is 10.8. The molecule has 152 valence electrons. The Morgan fingerprint density at radius 3 is 1.74 bits per heavy atom. The molecule has 7 nitrogen and oxygen atoms in total.